The standard InChI is InChI=1S/C21H25FN2O3S/c22-18-10-12-19(13-11-18)28(26,27)23-20(16-17-8-4-3-5-9-17)21(25)24-14-6-1-2-7-15-24/h3-5,8-13,20,23H,1-2,6-7,14-16H2. The van der Waals surface area contributed by atoms with Crippen molar-refractivity contribution < 1.29 is 17.6 Å². The van der Waals surface area contributed by atoms with Crippen molar-refractivity contribution >= 4 is 15.9 Å². The lowest BCUT2D eigenvalue weighted by atomic mass is 10.1. The molecule has 3 rings (SSSR count). The minimum atomic E-state index is -3.95. The first-order chi connectivity index (χ1) is 13.5. The summed E-state index contributed by atoms with van der Waals surface area (Å²) in [4.78, 5) is 14.9. The maximum atomic E-state index is 13.2. The van der Waals surface area contributed by atoms with Crippen LogP contribution >= 0.6 is 0 Å². The first-order valence-corrected chi connectivity index (χ1v) is 11.0. The lowest BCUT2D eigenvalue weighted by molar-refractivity contribution is -0.132. The van der Waals surface area contributed by atoms with E-state index in [4.69, 9.17) is 0 Å². The number of carbonyl (C=O) groups is 1. The molecule has 1 amide bonds. The van der Waals surface area contributed by atoms with Gasteiger partial charge in [0, 0.05) is 13.1 Å². The Kier molecular flexibility index (Phi) is 6.80. The van der Waals surface area contributed by atoms with Crippen molar-refractivity contribution in [2.75, 3.05) is 13.1 Å². The number of nitrogens with zero attached hydrogens (tertiary/aromatic N) is 1. The molecular weight excluding hydrogens is 379 g/mol. The van der Waals surface area contributed by atoms with E-state index in [1.54, 1.807) is 4.90 Å². The summed E-state index contributed by atoms with van der Waals surface area (Å²) in [7, 11) is -3.95. The highest BCUT2D eigenvalue weighted by Crippen LogP contribution is 2.16. The third-order valence-corrected chi connectivity index (χ3v) is 6.41. The number of nitrogens with one attached hydrogen (secondary N) is 1. The van der Waals surface area contributed by atoms with Gasteiger partial charge < -0.3 is 4.90 Å². The van der Waals surface area contributed by atoms with Gasteiger partial charge in [-0.2, -0.15) is 4.72 Å². The molecule has 28 heavy (non-hydrogen) atoms. The van der Waals surface area contributed by atoms with Gasteiger partial charge in [-0.3, -0.25) is 4.79 Å². The quantitative estimate of drug-likeness (QED) is 0.805. The largest absolute Gasteiger partial charge is 0.341 e. The zero-order valence-corrected chi connectivity index (χ0v) is 16.5. The van der Waals surface area contributed by atoms with E-state index in [0.29, 0.717) is 13.1 Å². The van der Waals surface area contributed by atoms with E-state index in [0.717, 1.165) is 43.4 Å². The van der Waals surface area contributed by atoms with E-state index in [9.17, 15) is 17.6 Å². The molecule has 2 aromatic carbocycles. The number of sulfonamides is 1. The minimum Gasteiger partial charge on any atom is -0.341 e. The highest BCUT2D eigenvalue weighted by Gasteiger charge is 2.29. The molecule has 7 heteroatoms. The molecule has 0 radical (unpaired) electrons. The van der Waals surface area contributed by atoms with Gasteiger partial charge in [-0.25, -0.2) is 12.8 Å². The van der Waals surface area contributed by atoms with E-state index in [2.05, 4.69) is 4.72 Å². The van der Waals surface area contributed by atoms with Crippen molar-refractivity contribution in [3.05, 3.63) is 66.0 Å². The Bertz CT molecular complexity index is 878. The molecule has 1 aliphatic heterocycles. The van der Waals surface area contributed by atoms with Crippen LogP contribution in [0.25, 0.3) is 0 Å². The van der Waals surface area contributed by atoms with E-state index < -0.39 is 21.9 Å². The number of hydrogen-bond acceptors (Lipinski definition) is 3. The third kappa shape index (κ3) is 5.39. The molecule has 0 aliphatic carbocycles. The lowest BCUT2D eigenvalue weighted by Gasteiger charge is -2.27. The number of benzene rings is 2. The van der Waals surface area contributed by atoms with Crippen LogP contribution in [-0.4, -0.2) is 38.4 Å². The van der Waals surface area contributed by atoms with Gasteiger partial charge in [0.15, 0.2) is 0 Å². The summed E-state index contributed by atoms with van der Waals surface area (Å²) in [6, 6.07) is 13.0. The predicted molar refractivity (Wildman–Crippen MR) is 106 cm³/mol. The summed E-state index contributed by atoms with van der Waals surface area (Å²) < 4.78 is 41.3. The molecule has 0 bridgehead atoms. The van der Waals surface area contributed by atoms with E-state index in [-0.39, 0.29) is 17.2 Å². The fourth-order valence-corrected chi connectivity index (χ4v) is 4.60. The Hall–Kier alpha value is -2.25. The average Bonchev–Trinajstić information content (AvgIpc) is 2.97. The predicted octanol–water partition coefficient (Wildman–Crippen LogP) is 3.12. The van der Waals surface area contributed by atoms with Crippen molar-refractivity contribution in [2.24, 2.45) is 0 Å². The molecule has 2 aromatic rings. The molecule has 0 saturated carbocycles. The molecule has 150 valence electrons. The second-order valence-corrected chi connectivity index (χ2v) is 8.77. The van der Waals surface area contributed by atoms with Gasteiger partial charge in [-0.15, -0.1) is 0 Å². The molecule has 1 N–H and O–H groups in total. The van der Waals surface area contributed by atoms with Gasteiger partial charge in [0.05, 0.1) is 4.90 Å². The molecule has 1 atom stereocenters. The lowest BCUT2D eigenvalue weighted by Crippen LogP contribution is -2.49. The number of rotatable bonds is 6. The smallest absolute Gasteiger partial charge is 0.241 e. The van der Waals surface area contributed by atoms with Crippen molar-refractivity contribution in [3.8, 4) is 0 Å². The Morgan fingerprint density at radius 3 is 2.18 bits per heavy atom. The maximum absolute atomic E-state index is 13.2. The second-order valence-electron chi connectivity index (χ2n) is 7.06. The maximum Gasteiger partial charge on any atom is 0.241 e. The zero-order chi connectivity index (χ0) is 20.0. The monoisotopic (exact) mass is 404 g/mol. The molecule has 1 saturated heterocycles. The van der Waals surface area contributed by atoms with Crippen LogP contribution in [0.15, 0.2) is 59.5 Å². The molecule has 1 unspecified atom stereocenters. The van der Waals surface area contributed by atoms with Gasteiger partial charge >= 0.3 is 0 Å². The fourth-order valence-electron chi connectivity index (χ4n) is 3.41. The third-order valence-electron chi connectivity index (χ3n) is 4.92. The first-order valence-electron chi connectivity index (χ1n) is 9.56. The Morgan fingerprint density at radius 2 is 1.57 bits per heavy atom. The molecule has 1 heterocycles. The molecule has 0 spiro atoms. The van der Waals surface area contributed by atoms with Crippen molar-refractivity contribution in [1.82, 2.24) is 9.62 Å². The molecular formula is C21H25FN2O3S. The topological polar surface area (TPSA) is 66.5 Å². The summed E-state index contributed by atoms with van der Waals surface area (Å²) in [5, 5.41) is 0. The zero-order valence-electron chi connectivity index (χ0n) is 15.7. The van der Waals surface area contributed by atoms with Crippen LogP contribution < -0.4 is 4.72 Å². The van der Waals surface area contributed by atoms with Crippen LogP contribution in [0.5, 0.6) is 0 Å². The van der Waals surface area contributed by atoms with E-state index in [1.165, 1.54) is 12.1 Å². The number of hydrogen-bond donors (Lipinski definition) is 1. The van der Waals surface area contributed by atoms with Crippen LogP contribution in [0.1, 0.15) is 31.2 Å². The summed E-state index contributed by atoms with van der Waals surface area (Å²) >= 11 is 0. The van der Waals surface area contributed by atoms with Crippen LogP contribution in [0.2, 0.25) is 0 Å². The van der Waals surface area contributed by atoms with Crippen LogP contribution in [0.4, 0.5) is 4.39 Å². The highest BCUT2D eigenvalue weighted by atomic mass is 32.2. The summed E-state index contributed by atoms with van der Waals surface area (Å²) in [6.45, 7) is 1.28. The van der Waals surface area contributed by atoms with Crippen molar-refractivity contribution in [3.63, 3.8) is 0 Å². The second kappa shape index (κ2) is 9.30. The molecule has 5 nitrogen and oxygen atoms in total. The number of likely N-dealkylation sites (tertiary alicyclic amines) is 1. The summed E-state index contributed by atoms with van der Waals surface area (Å²) in [6.07, 6.45) is 4.27. The fraction of sp³-hybridized carbons (Fsp3) is 0.381. The summed E-state index contributed by atoms with van der Waals surface area (Å²) in [5.41, 5.74) is 0.873. The normalized spacial score (nSPS) is 16.4. The van der Waals surface area contributed by atoms with Gasteiger partial charge in [-0.05, 0) is 49.1 Å². The SMILES string of the molecule is O=C(C(Cc1ccccc1)NS(=O)(=O)c1ccc(F)cc1)N1CCCCCC1. The van der Waals surface area contributed by atoms with Gasteiger partial charge in [0.2, 0.25) is 15.9 Å². The van der Waals surface area contributed by atoms with Gasteiger partial charge in [0.1, 0.15) is 11.9 Å². The number of amides is 1. The molecule has 0 aromatic heterocycles. The van der Waals surface area contributed by atoms with Crippen molar-refractivity contribution in [1.29, 1.82) is 0 Å². The Balaban J connectivity index is 1.84. The highest BCUT2D eigenvalue weighted by molar-refractivity contribution is 7.89. The summed E-state index contributed by atoms with van der Waals surface area (Å²) in [5.74, 6) is -0.725. The Morgan fingerprint density at radius 1 is 0.964 bits per heavy atom. The number of halogens is 1. The van der Waals surface area contributed by atoms with Gasteiger partial charge in [-0.1, -0.05) is 43.2 Å². The first kappa shape index (κ1) is 20.5. The van der Waals surface area contributed by atoms with Gasteiger partial charge in [0.25, 0.3) is 0 Å². The Labute approximate surface area is 165 Å². The van der Waals surface area contributed by atoms with Crippen molar-refractivity contribution in [2.45, 2.75) is 43.0 Å². The average molecular weight is 405 g/mol. The minimum absolute atomic E-state index is 0.0596. The molecule has 1 aliphatic rings. The van der Waals surface area contributed by atoms with Crippen LogP contribution in [-0.2, 0) is 21.2 Å². The molecule has 1 fully saturated rings. The van der Waals surface area contributed by atoms with Crippen LogP contribution in [0.3, 0.4) is 0 Å². The van der Waals surface area contributed by atoms with E-state index in [1.807, 2.05) is 30.3 Å². The number of carbonyl (C=O) groups excluding carboxylic acids is 1. The van der Waals surface area contributed by atoms with Crippen LogP contribution in [0, 0.1) is 5.82 Å². The van der Waals surface area contributed by atoms with E-state index >= 15 is 0 Å².